The minimum Gasteiger partial charge on any atom is -0.496 e. The minimum atomic E-state index is -0.0408. The van der Waals surface area contributed by atoms with Gasteiger partial charge in [0, 0.05) is 17.1 Å². The minimum absolute atomic E-state index is 0.0408. The van der Waals surface area contributed by atoms with Gasteiger partial charge in [0.05, 0.1) is 18.0 Å². The van der Waals surface area contributed by atoms with Gasteiger partial charge in [-0.05, 0) is 42.3 Å². The van der Waals surface area contributed by atoms with Crippen molar-refractivity contribution >= 4 is 34.2 Å². The van der Waals surface area contributed by atoms with Gasteiger partial charge in [0.15, 0.2) is 0 Å². The molecule has 0 fully saturated rings. The molecule has 24 heavy (non-hydrogen) atoms. The average Bonchev–Trinajstić information content (AvgIpc) is 2.99. The van der Waals surface area contributed by atoms with E-state index in [-0.39, 0.29) is 5.56 Å². The quantitative estimate of drug-likeness (QED) is 0.709. The summed E-state index contributed by atoms with van der Waals surface area (Å²) < 4.78 is 7.12. The van der Waals surface area contributed by atoms with E-state index in [0.29, 0.717) is 22.5 Å². The number of benzene rings is 2. The molecule has 120 valence electrons. The number of allylic oxidation sites excluding steroid dienone is 1. The lowest BCUT2D eigenvalue weighted by atomic mass is 10.1. The molecular weight excluding hydrogens is 324 g/mol. The Morgan fingerprint density at radius 1 is 1.25 bits per heavy atom. The molecule has 0 saturated carbocycles. The van der Waals surface area contributed by atoms with Gasteiger partial charge >= 0.3 is 0 Å². The predicted molar refractivity (Wildman–Crippen MR) is 96.5 cm³/mol. The van der Waals surface area contributed by atoms with E-state index >= 15 is 0 Å². The van der Waals surface area contributed by atoms with Gasteiger partial charge in [-0.2, -0.15) is 0 Å². The predicted octanol–water partition coefficient (Wildman–Crippen LogP) is 4.00. The Kier molecular flexibility index (Phi) is 3.62. The Morgan fingerprint density at radius 2 is 2.08 bits per heavy atom. The van der Waals surface area contributed by atoms with Gasteiger partial charge in [0.1, 0.15) is 11.6 Å². The van der Waals surface area contributed by atoms with E-state index in [9.17, 15) is 4.79 Å². The fourth-order valence-electron chi connectivity index (χ4n) is 3.10. The molecule has 0 spiro atoms. The molecule has 0 radical (unpaired) electrons. The Labute approximate surface area is 144 Å². The molecule has 2 aromatic carbocycles. The van der Waals surface area contributed by atoms with E-state index < -0.39 is 0 Å². The van der Waals surface area contributed by atoms with Gasteiger partial charge in [-0.3, -0.25) is 9.36 Å². The van der Waals surface area contributed by atoms with Gasteiger partial charge in [-0.1, -0.05) is 29.8 Å². The highest BCUT2D eigenvalue weighted by Gasteiger charge is 2.21. The van der Waals surface area contributed by atoms with Crippen molar-refractivity contribution in [1.29, 1.82) is 0 Å². The smallest absolute Gasteiger partial charge is 0.261 e. The highest BCUT2D eigenvalue weighted by Crippen LogP contribution is 2.30. The monoisotopic (exact) mass is 338 g/mol. The summed E-state index contributed by atoms with van der Waals surface area (Å²) in [4.78, 5) is 17.4. The van der Waals surface area contributed by atoms with E-state index in [2.05, 4.69) is 4.98 Å². The van der Waals surface area contributed by atoms with Crippen molar-refractivity contribution in [1.82, 2.24) is 9.55 Å². The molecule has 5 heteroatoms. The maximum Gasteiger partial charge on any atom is 0.261 e. The molecule has 3 aromatic rings. The van der Waals surface area contributed by atoms with Crippen molar-refractivity contribution in [3.05, 3.63) is 69.2 Å². The molecule has 0 atom stereocenters. The molecule has 1 aromatic heterocycles. The van der Waals surface area contributed by atoms with Crippen LogP contribution in [0.25, 0.3) is 22.6 Å². The van der Waals surface area contributed by atoms with Crippen molar-refractivity contribution in [2.24, 2.45) is 0 Å². The third-order valence-electron chi connectivity index (χ3n) is 4.28. The number of nitrogens with zero attached hydrogens (tertiary/aromatic N) is 2. The van der Waals surface area contributed by atoms with E-state index in [4.69, 9.17) is 16.3 Å². The summed E-state index contributed by atoms with van der Waals surface area (Å²) in [5.74, 6) is 1.53. The normalized spacial score (nSPS) is 15.0. The molecule has 0 bridgehead atoms. The Morgan fingerprint density at radius 3 is 2.92 bits per heavy atom. The third kappa shape index (κ3) is 2.39. The number of methoxy groups -OCH3 is 1. The SMILES string of the molecule is COc1ccccc1/C=C1\CCn2c1nc1ccc(Cl)cc1c2=O. The second-order valence-electron chi connectivity index (χ2n) is 5.72. The zero-order chi connectivity index (χ0) is 16.7. The van der Waals surface area contributed by atoms with Crippen LogP contribution in [0.1, 0.15) is 17.8 Å². The summed E-state index contributed by atoms with van der Waals surface area (Å²) in [6.07, 6.45) is 2.82. The summed E-state index contributed by atoms with van der Waals surface area (Å²) in [6.45, 7) is 0.630. The molecule has 2 heterocycles. The molecule has 0 N–H and O–H groups in total. The average molecular weight is 339 g/mol. The number of rotatable bonds is 2. The molecule has 0 amide bonds. The second kappa shape index (κ2) is 5.80. The standard InChI is InChI=1S/C19H15ClN2O2/c1-24-17-5-3-2-4-12(17)10-13-8-9-22-18(13)21-16-7-6-14(20)11-15(16)19(22)23/h2-7,10-11H,8-9H2,1H3/b13-10+. The molecule has 1 aliphatic rings. The van der Waals surface area contributed by atoms with E-state index in [0.717, 1.165) is 29.1 Å². The maximum absolute atomic E-state index is 12.7. The fourth-order valence-corrected chi connectivity index (χ4v) is 3.27. The van der Waals surface area contributed by atoms with Crippen LogP contribution in [0.5, 0.6) is 5.75 Å². The molecule has 0 unspecified atom stereocenters. The van der Waals surface area contributed by atoms with E-state index in [1.807, 2.05) is 30.3 Å². The molecule has 1 aliphatic heterocycles. The summed E-state index contributed by atoms with van der Waals surface area (Å²) in [5.41, 5.74) is 2.65. The van der Waals surface area contributed by atoms with Crippen molar-refractivity contribution in [3.8, 4) is 5.75 Å². The van der Waals surface area contributed by atoms with Crippen LogP contribution in [0.3, 0.4) is 0 Å². The van der Waals surface area contributed by atoms with Crippen LogP contribution in [0.15, 0.2) is 47.3 Å². The molecule has 4 rings (SSSR count). The van der Waals surface area contributed by atoms with E-state index in [1.54, 1.807) is 29.9 Å². The summed E-state index contributed by atoms with van der Waals surface area (Å²) in [5, 5.41) is 1.11. The zero-order valence-corrected chi connectivity index (χ0v) is 13.9. The Bertz CT molecular complexity index is 1040. The zero-order valence-electron chi connectivity index (χ0n) is 13.1. The molecule has 0 saturated heterocycles. The van der Waals surface area contributed by atoms with Crippen LogP contribution >= 0.6 is 11.6 Å². The molecular formula is C19H15ClN2O2. The van der Waals surface area contributed by atoms with E-state index in [1.165, 1.54) is 0 Å². The van der Waals surface area contributed by atoms with Gasteiger partial charge in [0.25, 0.3) is 5.56 Å². The van der Waals surface area contributed by atoms with Gasteiger partial charge in [0.2, 0.25) is 0 Å². The first-order chi connectivity index (χ1) is 11.7. The fraction of sp³-hybridized carbons (Fsp3) is 0.158. The Balaban J connectivity index is 1.90. The first-order valence-corrected chi connectivity index (χ1v) is 8.09. The van der Waals surface area contributed by atoms with Crippen molar-refractivity contribution in [2.75, 3.05) is 7.11 Å². The lowest BCUT2D eigenvalue weighted by Gasteiger charge is -2.07. The number of halogens is 1. The van der Waals surface area contributed by atoms with Crippen LogP contribution < -0.4 is 10.3 Å². The Hall–Kier alpha value is -2.59. The number of hydrogen-bond acceptors (Lipinski definition) is 3. The van der Waals surface area contributed by atoms with Crippen molar-refractivity contribution in [3.63, 3.8) is 0 Å². The van der Waals surface area contributed by atoms with Crippen LogP contribution in [0.4, 0.5) is 0 Å². The lowest BCUT2D eigenvalue weighted by Crippen LogP contribution is -2.20. The van der Waals surface area contributed by atoms with Crippen molar-refractivity contribution < 1.29 is 4.74 Å². The number of aromatic nitrogens is 2. The number of fused-ring (bicyclic) bond motifs is 2. The third-order valence-corrected chi connectivity index (χ3v) is 4.51. The first-order valence-electron chi connectivity index (χ1n) is 7.71. The largest absolute Gasteiger partial charge is 0.496 e. The maximum atomic E-state index is 12.7. The molecule has 4 nitrogen and oxygen atoms in total. The highest BCUT2D eigenvalue weighted by molar-refractivity contribution is 6.31. The topological polar surface area (TPSA) is 44.1 Å². The number of hydrogen-bond donors (Lipinski definition) is 0. The van der Waals surface area contributed by atoms with Crippen LogP contribution in [0, 0.1) is 0 Å². The van der Waals surface area contributed by atoms with Crippen molar-refractivity contribution in [2.45, 2.75) is 13.0 Å². The van der Waals surface area contributed by atoms with Crippen LogP contribution in [-0.2, 0) is 6.54 Å². The number of ether oxygens (including phenoxy) is 1. The highest BCUT2D eigenvalue weighted by atomic mass is 35.5. The summed E-state index contributed by atoms with van der Waals surface area (Å²) in [7, 11) is 1.65. The van der Waals surface area contributed by atoms with Crippen LogP contribution in [0.2, 0.25) is 5.02 Å². The van der Waals surface area contributed by atoms with Gasteiger partial charge < -0.3 is 4.74 Å². The second-order valence-corrected chi connectivity index (χ2v) is 6.15. The van der Waals surface area contributed by atoms with Gasteiger partial charge in [-0.15, -0.1) is 0 Å². The summed E-state index contributed by atoms with van der Waals surface area (Å²) >= 11 is 6.01. The lowest BCUT2D eigenvalue weighted by molar-refractivity contribution is 0.414. The summed E-state index contributed by atoms with van der Waals surface area (Å²) in [6, 6.07) is 13.0. The first kappa shape index (κ1) is 15.0. The van der Waals surface area contributed by atoms with Crippen LogP contribution in [-0.4, -0.2) is 16.7 Å². The molecule has 0 aliphatic carbocycles. The van der Waals surface area contributed by atoms with Gasteiger partial charge in [-0.25, -0.2) is 4.98 Å². The number of para-hydroxylation sites is 1.